The zero-order valence-electron chi connectivity index (χ0n) is 16.3. The molecule has 1 saturated heterocycles. The second kappa shape index (κ2) is 8.02. The lowest BCUT2D eigenvalue weighted by molar-refractivity contribution is -0.117. The van der Waals surface area contributed by atoms with Gasteiger partial charge in [-0.25, -0.2) is 4.98 Å². The van der Waals surface area contributed by atoms with Crippen molar-refractivity contribution in [3.05, 3.63) is 54.4 Å². The van der Waals surface area contributed by atoms with Crippen LogP contribution in [0.4, 0.5) is 5.69 Å². The van der Waals surface area contributed by atoms with Crippen LogP contribution in [0.5, 0.6) is 5.75 Å². The minimum absolute atomic E-state index is 0.0337. The maximum absolute atomic E-state index is 12.9. The van der Waals surface area contributed by atoms with Crippen LogP contribution in [0.2, 0.25) is 0 Å². The van der Waals surface area contributed by atoms with Gasteiger partial charge in [-0.3, -0.25) is 4.79 Å². The molecule has 28 heavy (non-hydrogen) atoms. The summed E-state index contributed by atoms with van der Waals surface area (Å²) in [5.41, 5.74) is 2.86. The minimum Gasteiger partial charge on any atom is -0.492 e. The molecule has 0 spiro atoms. The summed E-state index contributed by atoms with van der Waals surface area (Å²) in [6.45, 7) is 4.43. The van der Waals surface area contributed by atoms with Crippen molar-refractivity contribution in [1.29, 1.82) is 0 Å². The molecule has 4 rings (SSSR count). The molecule has 1 amide bonds. The normalized spacial score (nSPS) is 16.9. The van der Waals surface area contributed by atoms with Crippen LogP contribution in [0.25, 0.3) is 11.0 Å². The summed E-state index contributed by atoms with van der Waals surface area (Å²) in [6, 6.07) is 15.8. The lowest BCUT2D eigenvalue weighted by atomic mass is 10.1. The molecule has 6 nitrogen and oxygen atoms in total. The Balaban J connectivity index is 1.68. The third-order valence-corrected chi connectivity index (χ3v) is 5.15. The van der Waals surface area contributed by atoms with Crippen LogP contribution in [-0.2, 0) is 16.1 Å². The SMILES string of the molecule is CCOc1ccccc1N1CC(c2nc3ccccc3n2CCOC)CC1=O. The van der Waals surface area contributed by atoms with E-state index in [-0.39, 0.29) is 11.8 Å². The second-order valence-corrected chi connectivity index (χ2v) is 6.91. The van der Waals surface area contributed by atoms with Crippen molar-refractivity contribution in [2.45, 2.75) is 25.8 Å². The van der Waals surface area contributed by atoms with Crippen molar-refractivity contribution >= 4 is 22.6 Å². The third-order valence-electron chi connectivity index (χ3n) is 5.15. The topological polar surface area (TPSA) is 56.6 Å². The van der Waals surface area contributed by atoms with Gasteiger partial charge in [-0.05, 0) is 31.2 Å². The van der Waals surface area contributed by atoms with E-state index >= 15 is 0 Å². The number of nitrogens with zero attached hydrogens (tertiary/aromatic N) is 3. The number of carbonyl (C=O) groups is 1. The number of methoxy groups -OCH3 is 1. The van der Waals surface area contributed by atoms with E-state index in [9.17, 15) is 4.79 Å². The number of rotatable bonds is 7. The van der Waals surface area contributed by atoms with Crippen LogP contribution in [0.15, 0.2) is 48.5 Å². The van der Waals surface area contributed by atoms with Gasteiger partial charge in [0.15, 0.2) is 0 Å². The molecule has 3 aromatic rings. The van der Waals surface area contributed by atoms with Crippen molar-refractivity contribution in [3.8, 4) is 5.75 Å². The van der Waals surface area contributed by atoms with E-state index in [2.05, 4.69) is 10.6 Å². The van der Waals surface area contributed by atoms with Crippen molar-refractivity contribution in [3.63, 3.8) is 0 Å². The summed E-state index contributed by atoms with van der Waals surface area (Å²) >= 11 is 0. The number of hydrogen-bond acceptors (Lipinski definition) is 4. The Morgan fingerprint density at radius 3 is 2.75 bits per heavy atom. The molecule has 1 unspecified atom stereocenters. The highest BCUT2D eigenvalue weighted by Crippen LogP contribution is 2.37. The van der Waals surface area contributed by atoms with Crippen molar-refractivity contribution in [1.82, 2.24) is 9.55 Å². The third kappa shape index (κ3) is 3.36. The highest BCUT2D eigenvalue weighted by molar-refractivity contribution is 5.97. The van der Waals surface area contributed by atoms with E-state index in [1.807, 2.05) is 54.3 Å². The molecular weight excluding hydrogens is 354 g/mol. The highest BCUT2D eigenvalue weighted by Gasteiger charge is 2.35. The van der Waals surface area contributed by atoms with Crippen LogP contribution in [0.1, 0.15) is 25.1 Å². The van der Waals surface area contributed by atoms with Crippen LogP contribution in [-0.4, -0.2) is 42.3 Å². The standard InChI is InChI=1S/C22H25N3O3/c1-3-28-20-11-7-6-10-19(20)25-15-16(14-21(25)26)22-23-17-8-4-5-9-18(17)24(22)12-13-27-2/h4-11,16H,3,12-15H2,1-2H3. The lowest BCUT2D eigenvalue weighted by Gasteiger charge is -2.20. The van der Waals surface area contributed by atoms with E-state index in [0.717, 1.165) is 28.3 Å². The van der Waals surface area contributed by atoms with Crippen LogP contribution < -0.4 is 9.64 Å². The summed E-state index contributed by atoms with van der Waals surface area (Å²) in [6.07, 6.45) is 0.441. The monoisotopic (exact) mass is 379 g/mol. The minimum atomic E-state index is 0.0337. The molecule has 1 atom stereocenters. The first-order valence-corrected chi connectivity index (χ1v) is 9.69. The van der Waals surface area contributed by atoms with Gasteiger partial charge in [-0.1, -0.05) is 24.3 Å². The van der Waals surface area contributed by atoms with Crippen molar-refractivity contribution in [2.24, 2.45) is 0 Å². The van der Waals surface area contributed by atoms with Gasteiger partial charge >= 0.3 is 0 Å². The Morgan fingerprint density at radius 2 is 1.93 bits per heavy atom. The number of fused-ring (bicyclic) bond motifs is 1. The number of imidazole rings is 1. The van der Waals surface area contributed by atoms with E-state index in [4.69, 9.17) is 14.5 Å². The molecule has 146 valence electrons. The Labute approximate surface area is 164 Å². The molecule has 0 bridgehead atoms. The smallest absolute Gasteiger partial charge is 0.227 e. The molecule has 1 aliphatic heterocycles. The van der Waals surface area contributed by atoms with E-state index < -0.39 is 0 Å². The number of amides is 1. The predicted molar refractivity (Wildman–Crippen MR) is 109 cm³/mol. The number of benzene rings is 2. The van der Waals surface area contributed by atoms with Crippen molar-refractivity contribution < 1.29 is 14.3 Å². The molecule has 1 aromatic heterocycles. The van der Waals surface area contributed by atoms with Gasteiger partial charge in [-0.2, -0.15) is 0 Å². The fourth-order valence-corrected chi connectivity index (χ4v) is 3.89. The summed E-state index contributed by atoms with van der Waals surface area (Å²) in [4.78, 5) is 19.6. The zero-order valence-corrected chi connectivity index (χ0v) is 16.3. The average molecular weight is 379 g/mol. The molecule has 1 aliphatic rings. The summed E-state index contributed by atoms with van der Waals surface area (Å²) in [5.74, 6) is 1.82. The predicted octanol–water partition coefficient (Wildman–Crippen LogP) is 3.60. The molecule has 0 radical (unpaired) electrons. The average Bonchev–Trinajstić information content (AvgIpc) is 3.27. The Morgan fingerprint density at radius 1 is 1.14 bits per heavy atom. The molecular formula is C22H25N3O3. The molecule has 2 heterocycles. The summed E-state index contributed by atoms with van der Waals surface area (Å²) < 4.78 is 13.2. The highest BCUT2D eigenvalue weighted by atomic mass is 16.5. The van der Waals surface area contributed by atoms with Gasteiger partial charge in [0, 0.05) is 32.5 Å². The van der Waals surface area contributed by atoms with Gasteiger partial charge in [0.1, 0.15) is 11.6 Å². The van der Waals surface area contributed by atoms with Gasteiger partial charge in [-0.15, -0.1) is 0 Å². The van der Waals surface area contributed by atoms with Gasteiger partial charge in [0.25, 0.3) is 0 Å². The lowest BCUT2D eigenvalue weighted by Crippen LogP contribution is -2.25. The largest absolute Gasteiger partial charge is 0.492 e. The quantitative estimate of drug-likeness (QED) is 0.629. The van der Waals surface area contributed by atoms with Crippen LogP contribution >= 0.6 is 0 Å². The first-order valence-electron chi connectivity index (χ1n) is 9.69. The summed E-state index contributed by atoms with van der Waals surface area (Å²) in [7, 11) is 1.70. The molecule has 0 saturated carbocycles. The number of hydrogen-bond donors (Lipinski definition) is 0. The number of ether oxygens (including phenoxy) is 2. The second-order valence-electron chi connectivity index (χ2n) is 6.91. The fraction of sp³-hybridized carbons (Fsp3) is 0.364. The zero-order chi connectivity index (χ0) is 19.5. The Hall–Kier alpha value is -2.86. The first kappa shape index (κ1) is 18.5. The Kier molecular flexibility index (Phi) is 5.30. The molecule has 2 aromatic carbocycles. The molecule has 0 N–H and O–H groups in total. The summed E-state index contributed by atoms with van der Waals surface area (Å²) in [5, 5.41) is 0. The maximum atomic E-state index is 12.9. The fourth-order valence-electron chi connectivity index (χ4n) is 3.89. The number of carbonyl (C=O) groups excluding carboxylic acids is 1. The van der Waals surface area contributed by atoms with E-state index in [1.165, 1.54) is 0 Å². The van der Waals surface area contributed by atoms with Gasteiger partial charge in [0.2, 0.25) is 5.91 Å². The number of anilines is 1. The Bertz CT molecular complexity index is 982. The van der Waals surface area contributed by atoms with E-state index in [0.29, 0.717) is 32.7 Å². The van der Waals surface area contributed by atoms with Crippen molar-refractivity contribution in [2.75, 3.05) is 31.8 Å². The maximum Gasteiger partial charge on any atom is 0.227 e. The molecule has 6 heteroatoms. The molecule has 1 fully saturated rings. The van der Waals surface area contributed by atoms with Gasteiger partial charge < -0.3 is 18.9 Å². The molecule has 0 aliphatic carbocycles. The van der Waals surface area contributed by atoms with E-state index in [1.54, 1.807) is 7.11 Å². The number of para-hydroxylation sites is 4. The van der Waals surface area contributed by atoms with Gasteiger partial charge in [0.05, 0.1) is 29.9 Å². The first-order chi connectivity index (χ1) is 13.7. The number of aromatic nitrogens is 2. The van der Waals surface area contributed by atoms with Crippen LogP contribution in [0.3, 0.4) is 0 Å². The van der Waals surface area contributed by atoms with Crippen LogP contribution in [0, 0.1) is 0 Å².